The molecule has 3 aromatic rings. The fourth-order valence-electron chi connectivity index (χ4n) is 4.14. The van der Waals surface area contributed by atoms with E-state index in [1.54, 1.807) is 18.2 Å². The number of barbiturate groups is 1. The zero-order valence-corrected chi connectivity index (χ0v) is 24.1. The quantitative estimate of drug-likeness (QED) is 0.193. The Morgan fingerprint density at radius 1 is 0.921 bits per heavy atom. The highest BCUT2D eigenvalue weighted by Crippen LogP contribution is 2.36. The third-order valence-electron chi connectivity index (χ3n) is 6.52. The Bertz CT molecular complexity index is 1480. The van der Waals surface area contributed by atoms with Crippen molar-refractivity contribution in [1.29, 1.82) is 0 Å². The standard InChI is InChI=1S/C30H29IN2O5/c1-6-37-26-15-22(14-24(31)27(26)38-16-21-11-10-17(2)19(4)12-21)13-23-28(34)32-30(36)33(29(23)35)25-9-7-8-18(3)20(25)5/h7-15H,6,16H2,1-5H3,(H,32,34,36)/b23-13+. The average Bonchev–Trinajstić information content (AvgIpc) is 2.86. The molecule has 4 amide bonds. The van der Waals surface area contributed by atoms with Gasteiger partial charge in [-0.25, -0.2) is 9.69 Å². The molecule has 0 spiro atoms. The van der Waals surface area contributed by atoms with Gasteiger partial charge in [-0.05, 0) is 115 Å². The van der Waals surface area contributed by atoms with Crippen molar-refractivity contribution in [3.8, 4) is 11.5 Å². The van der Waals surface area contributed by atoms with Gasteiger partial charge in [0.15, 0.2) is 11.5 Å². The van der Waals surface area contributed by atoms with E-state index in [0.717, 1.165) is 25.2 Å². The van der Waals surface area contributed by atoms with Gasteiger partial charge in [-0.1, -0.05) is 30.3 Å². The van der Waals surface area contributed by atoms with Crippen LogP contribution < -0.4 is 19.7 Å². The zero-order chi connectivity index (χ0) is 27.6. The van der Waals surface area contributed by atoms with Crippen LogP contribution in [0.3, 0.4) is 0 Å². The maximum atomic E-state index is 13.4. The first-order valence-corrected chi connectivity index (χ1v) is 13.3. The van der Waals surface area contributed by atoms with E-state index in [2.05, 4.69) is 53.9 Å². The molecule has 196 valence electrons. The highest BCUT2D eigenvalue weighted by molar-refractivity contribution is 14.1. The number of nitrogens with one attached hydrogen (secondary N) is 1. The third-order valence-corrected chi connectivity index (χ3v) is 7.32. The van der Waals surface area contributed by atoms with E-state index in [1.807, 2.05) is 39.0 Å². The van der Waals surface area contributed by atoms with E-state index in [0.29, 0.717) is 36.0 Å². The summed E-state index contributed by atoms with van der Waals surface area (Å²) in [6.45, 7) is 10.5. The minimum Gasteiger partial charge on any atom is -0.490 e. The second-order valence-corrected chi connectivity index (χ2v) is 10.3. The van der Waals surface area contributed by atoms with Crippen molar-refractivity contribution in [2.75, 3.05) is 11.5 Å². The first kappa shape index (κ1) is 27.4. The van der Waals surface area contributed by atoms with Crippen LogP contribution in [0.15, 0.2) is 54.1 Å². The van der Waals surface area contributed by atoms with Gasteiger partial charge in [-0.15, -0.1) is 0 Å². The molecule has 8 heteroatoms. The lowest BCUT2D eigenvalue weighted by atomic mass is 10.0. The molecule has 0 bridgehead atoms. The Balaban J connectivity index is 1.67. The van der Waals surface area contributed by atoms with Crippen molar-refractivity contribution < 1.29 is 23.9 Å². The van der Waals surface area contributed by atoms with Crippen molar-refractivity contribution in [3.05, 3.63) is 91.1 Å². The number of benzene rings is 3. The normalized spacial score (nSPS) is 14.6. The van der Waals surface area contributed by atoms with Crippen molar-refractivity contribution in [2.24, 2.45) is 0 Å². The van der Waals surface area contributed by atoms with Crippen molar-refractivity contribution >= 4 is 52.2 Å². The largest absolute Gasteiger partial charge is 0.490 e. The summed E-state index contributed by atoms with van der Waals surface area (Å²) in [7, 11) is 0. The lowest BCUT2D eigenvalue weighted by Gasteiger charge is -2.28. The molecule has 1 heterocycles. The van der Waals surface area contributed by atoms with Crippen LogP contribution in [0.2, 0.25) is 0 Å². The summed E-state index contributed by atoms with van der Waals surface area (Å²) in [5.74, 6) is -0.347. The molecule has 0 radical (unpaired) electrons. The van der Waals surface area contributed by atoms with E-state index >= 15 is 0 Å². The number of anilines is 1. The molecule has 0 aromatic heterocycles. The number of rotatable bonds is 7. The summed E-state index contributed by atoms with van der Waals surface area (Å²) in [5, 5.41) is 2.29. The topological polar surface area (TPSA) is 84.9 Å². The Hall–Kier alpha value is -3.66. The molecule has 38 heavy (non-hydrogen) atoms. The lowest BCUT2D eigenvalue weighted by Crippen LogP contribution is -2.54. The molecule has 1 aliphatic rings. The Labute approximate surface area is 236 Å². The SMILES string of the molecule is CCOc1cc(/C=C2\C(=O)NC(=O)N(c3cccc(C)c3C)C2=O)cc(I)c1OCc1ccc(C)c(C)c1. The molecule has 4 rings (SSSR count). The fourth-order valence-corrected chi connectivity index (χ4v) is 4.92. The van der Waals surface area contributed by atoms with Crippen LogP contribution in [0, 0.1) is 31.3 Å². The van der Waals surface area contributed by atoms with Gasteiger partial charge in [0.05, 0.1) is 15.9 Å². The molecular formula is C30H29IN2O5. The Kier molecular flexibility index (Phi) is 8.20. The third kappa shape index (κ3) is 5.60. The number of amides is 4. The van der Waals surface area contributed by atoms with Crippen LogP contribution in [-0.4, -0.2) is 24.5 Å². The molecule has 7 nitrogen and oxygen atoms in total. The van der Waals surface area contributed by atoms with E-state index in [9.17, 15) is 14.4 Å². The fraction of sp³-hybridized carbons (Fsp3) is 0.233. The second-order valence-electron chi connectivity index (χ2n) is 9.15. The number of halogens is 1. The van der Waals surface area contributed by atoms with Gasteiger partial charge in [0, 0.05) is 0 Å². The van der Waals surface area contributed by atoms with Gasteiger partial charge in [0.1, 0.15) is 12.2 Å². The molecule has 3 aromatic carbocycles. The van der Waals surface area contributed by atoms with Crippen molar-refractivity contribution in [1.82, 2.24) is 5.32 Å². The van der Waals surface area contributed by atoms with Gasteiger partial charge < -0.3 is 9.47 Å². The van der Waals surface area contributed by atoms with Crippen molar-refractivity contribution in [2.45, 2.75) is 41.2 Å². The minimum atomic E-state index is -0.773. The van der Waals surface area contributed by atoms with E-state index < -0.39 is 17.8 Å². The number of carbonyl (C=O) groups excluding carboxylic acids is 3. The Morgan fingerprint density at radius 3 is 2.39 bits per heavy atom. The number of aryl methyl sites for hydroxylation is 3. The molecule has 0 saturated carbocycles. The molecule has 0 unspecified atom stereocenters. The summed E-state index contributed by atoms with van der Waals surface area (Å²) >= 11 is 2.15. The number of imide groups is 2. The second kappa shape index (κ2) is 11.4. The molecule has 1 saturated heterocycles. The van der Waals surface area contributed by atoms with Gasteiger partial charge >= 0.3 is 6.03 Å². The summed E-state index contributed by atoms with van der Waals surface area (Å²) < 4.78 is 12.8. The van der Waals surface area contributed by atoms with Crippen molar-refractivity contribution in [3.63, 3.8) is 0 Å². The molecule has 0 aliphatic carbocycles. The summed E-state index contributed by atoms with van der Waals surface area (Å²) in [6.07, 6.45) is 1.47. The molecule has 1 fully saturated rings. The average molecular weight is 624 g/mol. The first-order valence-electron chi connectivity index (χ1n) is 12.2. The summed E-state index contributed by atoms with van der Waals surface area (Å²) in [4.78, 5) is 39.8. The highest BCUT2D eigenvalue weighted by Gasteiger charge is 2.37. The number of ether oxygens (including phenoxy) is 2. The maximum absolute atomic E-state index is 13.4. The predicted molar refractivity (Wildman–Crippen MR) is 155 cm³/mol. The smallest absolute Gasteiger partial charge is 0.335 e. The van der Waals surface area contributed by atoms with Gasteiger partial charge in [-0.3, -0.25) is 14.9 Å². The van der Waals surface area contributed by atoms with E-state index in [4.69, 9.17) is 9.47 Å². The minimum absolute atomic E-state index is 0.146. The molecule has 1 aliphatic heterocycles. The molecular weight excluding hydrogens is 595 g/mol. The first-order chi connectivity index (χ1) is 18.1. The maximum Gasteiger partial charge on any atom is 0.335 e. The number of carbonyl (C=O) groups is 3. The molecule has 1 N–H and O–H groups in total. The number of nitrogens with zero attached hydrogens (tertiary/aromatic N) is 1. The number of urea groups is 1. The van der Waals surface area contributed by atoms with Gasteiger partial charge in [0.2, 0.25) is 0 Å². The monoisotopic (exact) mass is 624 g/mol. The van der Waals surface area contributed by atoms with Crippen LogP contribution in [0.1, 0.15) is 40.3 Å². The van der Waals surface area contributed by atoms with E-state index in [1.165, 1.54) is 17.2 Å². The van der Waals surface area contributed by atoms with Crippen LogP contribution in [0.25, 0.3) is 6.08 Å². The Morgan fingerprint density at radius 2 is 1.68 bits per heavy atom. The number of hydrogen-bond donors (Lipinski definition) is 1. The summed E-state index contributed by atoms with van der Waals surface area (Å²) in [6, 6.07) is 14.3. The summed E-state index contributed by atoms with van der Waals surface area (Å²) in [5.41, 5.74) is 6.02. The van der Waals surface area contributed by atoms with E-state index in [-0.39, 0.29) is 5.57 Å². The van der Waals surface area contributed by atoms with Crippen LogP contribution in [0.5, 0.6) is 11.5 Å². The highest BCUT2D eigenvalue weighted by atomic mass is 127. The lowest BCUT2D eigenvalue weighted by molar-refractivity contribution is -0.122. The van der Waals surface area contributed by atoms with Crippen LogP contribution in [-0.2, 0) is 16.2 Å². The van der Waals surface area contributed by atoms with Gasteiger partial charge in [0.25, 0.3) is 11.8 Å². The van der Waals surface area contributed by atoms with Gasteiger partial charge in [-0.2, -0.15) is 0 Å². The molecule has 0 atom stereocenters. The zero-order valence-electron chi connectivity index (χ0n) is 22.0. The van der Waals surface area contributed by atoms with Crippen LogP contribution >= 0.6 is 22.6 Å². The predicted octanol–water partition coefficient (Wildman–Crippen LogP) is 6.17. The number of hydrogen-bond acceptors (Lipinski definition) is 5. The van der Waals surface area contributed by atoms with Crippen LogP contribution in [0.4, 0.5) is 10.5 Å².